The van der Waals surface area contributed by atoms with Crippen LogP contribution >= 0.6 is 23.4 Å². The molecule has 3 aromatic carbocycles. The summed E-state index contributed by atoms with van der Waals surface area (Å²) in [4.78, 5) is 12.4. The van der Waals surface area contributed by atoms with Crippen molar-refractivity contribution in [3.63, 3.8) is 0 Å². The van der Waals surface area contributed by atoms with Gasteiger partial charge in [-0.05, 0) is 36.8 Å². The molecule has 1 amide bonds. The normalized spacial score (nSPS) is 11.4. The molecule has 0 aliphatic heterocycles. The first-order chi connectivity index (χ1) is 15.6. The van der Waals surface area contributed by atoms with E-state index in [1.54, 1.807) is 0 Å². The van der Waals surface area contributed by atoms with Crippen LogP contribution in [0.4, 0.5) is 0 Å². The molecule has 1 heterocycles. The summed E-state index contributed by atoms with van der Waals surface area (Å²) in [6.07, 6.45) is 0. The van der Waals surface area contributed by atoms with Gasteiger partial charge in [0, 0.05) is 16.3 Å². The molecule has 160 valence electrons. The molecule has 0 aliphatic rings. The van der Waals surface area contributed by atoms with Crippen LogP contribution in [0.25, 0.3) is 17.1 Å². The number of nitrogens with zero attached hydrogens (tertiary/aromatic N) is 4. The predicted molar refractivity (Wildman–Crippen MR) is 129 cm³/mol. The fourth-order valence-electron chi connectivity index (χ4n) is 3.01. The molecule has 0 aliphatic carbocycles. The molecule has 32 heavy (non-hydrogen) atoms. The molecule has 1 N–H and O–H groups in total. The molecule has 4 rings (SSSR count). The predicted octanol–water partition coefficient (Wildman–Crippen LogP) is 5.22. The SMILES string of the molecule is C/C(=N\NC(=O)CSc1nnc(-c2ccccc2)n1-c1ccc(Cl)cc1)c1ccccc1. The summed E-state index contributed by atoms with van der Waals surface area (Å²) in [6.45, 7) is 1.85. The molecule has 8 heteroatoms. The number of hydrogen-bond donors (Lipinski definition) is 1. The number of halogens is 1. The molecular weight excluding hydrogens is 442 g/mol. The number of aromatic nitrogens is 3. The van der Waals surface area contributed by atoms with Gasteiger partial charge in [-0.25, -0.2) is 5.43 Å². The molecular formula is C24H20ClN5OS. The number of hydrogen-bond acceptors (Lipinski definition) is 5. The number of carbonyl (C=O) groups excluding carboxylic acids is 1. The molecule has 0 radical (unpaired) electrons. The highest BCUT2D eigenvalue weighted by atomic mass is 35.5. The number of carbonyl (C=O) groups is 1. The average Bonchev–Trinajstić information content (AvgIpc) is 3.27. The van der Waals surface area contributed by atoms with E-state index in [1.165, 1.54) is 11.8 Å². The molecule has 0 fully saturated rings. The molecule has 4 aromatic rings. The Morgan fingerprint density at radius 1 is 0.969 bits per heavy atom. The summed E-state index contributed by atoms with van der Waals surface area (Å²) < 4.78 is 1.92. The minimum absolute atomic E-state index is 0.145. The van der Waals surface area contributed by atoms with Gasteiger partial charge in [0.25, 0.3) is 5.91 Å². The Hall–Kier alpha value is -3.42. The van der Waals surface area contributed by atoms with Crippen LogP contribution in [0, 0.1) is 0 Å². The highest BCUT2D eigenvalue weighted by Gasteiger charge is 2.17. The quantitative estimate of drug-likeness (QED) is 0.232. The van der Waals surface area contributed by atoms with Crippen LogP contribution in [0.1, 0.15) is 12.5 Å². The maximum absolute atomic E-state index is 12.4. The lowest BCUT2D eigenvalue weighted by Crippen LogP contribution is -2.21. The molecule has 0 atom stereocenters. The van der Waals surface area contributed by atoms with Gasteiger partial charge < -0.3 is 0 Å². The molecule has 0 bridgehead atoms. The highest BCUT2D eigenvalue weighted by Crippen LogP contribution is 2.28. The van der Waals surface area contributed by atoms with Crippen LogP contribution in [0.2, 0.25) is 5.02 Å². The third-order valence-corrected chi connectivity index (χ3v) is 5.80. The number of amides is 1. The molecule has 1 aromatic heterocycles. The second-order valence-electron chi connectivity index (χ2n) is 6.87. The monoisotopic (exact) mass is 461 g/mol. The lowest BCUT2D eigenvalue weighted by molar-refractivity contribution is -0.118. The Bertz CT molecular complexity index is 1220. The first-order valence-electron chi connectivity index (χ1n) is 9.90. The van der Waals surface area contributed by atoms with Gasteiger partial charge in [0.05, 0.1) is 11.5 Å². The van der Waals surface area contributed by atoms with Crippen LogP contribution < -0.4 is 5.43 Å². The van der Waals surface area contributed by atoms with E-state index >= 15 is 0 Å². The number of thioether (sulfide) groups is 1. The summed E-state index contributed by atoms with van der Waals surface area (Å²) >= 11 is 7.36. The fourth-order valence-corrected chi connectivity index (χ4v) is 3.88. The Kier molecular flexibility index (Phi) is 6.99. The van der Waals surface area contributed by atoms with Gasteiger partial charge in [0.1, 0.15) is 0 Å². The maximum atomic E-state index is 12.4. The highest BCUT2D eigenvalue weighted by molar-refractivity contribution is 7.99. The van der Waals surface area contributed by atoms with Crippen LogP contribution in [0.15, 0.2) is 95.2 Å². The van der Waals surface area contributed by atoms with E-state index in [9.17, 15) is 4.79 Å². The van der Waals surface area contributed by atoms with Crippen LogP contribution in [0.5, 0.6) is 0 Å². The Balaban J connectivity index is 1.53. The average molecular weight is 462 g/mol. The minimum atomic E-state index is -0.225. The number of nitrogens with one attached hydrogen (secondary N) is 1. The van der Waals surface area contributed by atoms with Crippen molar-refractivity contribution in [3.8, 4) is 17.1 Å². The summed E-state index contributed by atoms with van der Waals surface area (Å²) in [5.41, 5.74) is 6.09. The van der Waals surface area contributed by atoms with Gasteiger partial charge >= 0.3 is 0 Å². The topological polar surface area (TPSA) is 72.2 Å². The zero-order valence-corrected chi connectivity index (χ0v) is 18.8. The second-order valence-corrected chi connectivity index (χ2v) is 8.25. The third kappa shape index (κ3) is 5.25. The van der Waals surface area contributed by atoms with Crippen molar-refractivity contribution in [3.05, 3.63) is 95.5 Å². The van der Waals surface area contributed by atoms with Crippen molar-refractivity contribution in [2.45, 2.75) is 12.1 Å². The van der Waals surface area contributed by atoms with Crippen molar-refractivity contribution >= 4 is 35.0 Å². The third-order valence-electron chi connectivity index (χ3n) is 4.62. The van der Waals surface area contributed by atoms with Crippen molar-refractivity contribution in [2.24, 2.45) is 5.10 Å². The summed E-state index contributed by atoms with van der Waals surface area (Å²) in [5.74, 6) is 0.609. The van der Waals surface area contributed by atoms with Gasteiger partial charge in [-0.15, -0.1) is 10.2 Å². The van der Waals surface area contributed by atoms with Crippen LogP contribution in [-0.4, -0.2) is 32.1 Å². The van der Waals surface area contributed by atoms with E-state index in [0.717, 1.165) is 22.5 Å². The zero-order valence-electron chi connectivity index (χ0n) is 17.3. The first kappa shape index (κ1) is 21.8. The van der Waals surface area contributed by atoms with Crippen molar-refractivity contribution in [1.29, 1.82) is 0 Å². The molecule has 0 saturated carbocycles. The smallest absolute Gasteiger partial charge is 0.250 e. The Labute approximate surface area is 195 Å². The number of hydrazone groups is 1. The summed E-state index contributed by atoms with van der Waals surface area (Å²) in [7, 11) is 0. The van der Waals surface area contributed by atoms with E-state index < -0.39 is 0 Å². The van der Waals surface area contributed by atoms with Gasteiger partial charge in [-0.1, -0.05) is 84.0 Å². The van der Waals surface area contributed by atoms with Gasteiger partial charge in [-0.2, -0.15) is 5.10 Å². The lowest BCUT2D eigenvalue weighted by Gasteiger charge is -2.10. The van der Waals surface area contributed by atoms with Gasteiger partial charge in [0.2, 0.25) is 0 Å². The maximum Gasteiger partial charge on any atom is 0.250 e. The van der Waals surface area contributed by atoms with E-state index in [4.69, 9.17) is 11.6 Å². The van der Waals surface area contributed by atoms with Gasteiger partial charge in [0.15, 0.2) is 11.0 Å². The summed E-state index contributed by atoms with van der Waals surface area (Å²) in [6, 6.07) is 26.9. The van der Waals surface area contributed by atoms with Crippen molar-refractivity contribution < 1.29 is 4.79 Å². The molecule has 6 nitrogen and oxygen atoms in total. The van der Waals surface area contributed by atoms with E-state index in [1.807, 2.05) is 96.4 Å². The second kappa shape index (κ2) is 10.3. The summed E-state index contributed by atoms with van der Waals surface area (Å²) in [5, 5.41) is 14.2. The van der Waals surface area contributed by atoms with Gasteiger partial charge in [-0.3, -0.25) is 9.36 Å². The van der Waals surface area contributed by atoms with E-state index in [0.29, 0.717) is 16.0 Å². The molecule has 0 saturated heterocycles. The Morgan fingerprint density at radius 2 is 1.62 bits per heavy atom. The first-order valence-corrected chi connectivity index (χ1v) is 11.3. The molecule has 0 unspecified atom stereocenters. The number of rotatable bonds is 7. The Morgan fingerprint density at radius 3 is 2.31 bits per heavy atom. The number of benzene rings is 3. The lowest BCUT2D eigenvalue weighted by atomic mass is 10.1. The van der Waals surface area contributed by atoms with Crippen LogP contribution in [-0.2, 0) is 4.79 Å². The standard InChI is InChI=1S/C24H20ClN5OS/c1-17(18-8-4-2-5-9-18)26-27-22(31)16-32-24-29-28-23(19-10-6-3-7-11-19)30(24)21-14-12-20(25)13-15-21/h2-15H,16H2,1H3,(H,27,31)/b26-17+. The van der Waals surface area contributed by atoms with E-state index in [-0.39, 0.29) is 11.7 Å². The largest absolute Gasteiger partial charge is 0.272 e. The minimum Gasteiger partial charge on any atom is -0.272 e. The van der Waals surface area contributed by atoms with Crippen molar-refractivity contribution in [1.82, 2.24) is 20.2 Å². The van der Waals surface area contributed by atoms with Crippen LogP contribution in [0.3, 0.4) is 0 Å². The zero-order chi connectivity index (χ0) is 22.3. The van der Waals surface area contributed by atoms with E-state index in [2.05, 4.69) is 20.7 Å². The molecule has 0 spiro atoms. The van der Waals surface area contributed by atoms with Crippen molar-refractivity contribution in [2.75, 3.05) is 5.75 Å². The fraction of sp³-hybridized carbons (Fsp3) is 0.0833.